The predicted octanol–water partition coefficient (Wildman–Crippen LogP) is 5.30. The Morgan fingerprint density at radius 1 is 0.844 bits per heavy atom. The Balaban J connectivity index is 1.20. The van der Waals surface area contributed by atoms with Crippen molar-refractivity contribution >= 4 is 5.71 Å². The van der Waals surface area contributed by atoms with E-state index in [1.165, 1.54) is 39.6 Å². The lowest BCUT2D eigenvalue weighted by Gasteiger charge is -2.37. The molecule has 0 aliphatic carbocycles. The van der Waals surface area contributed by atoms with Crippen molar-refractivity contribution in [2.75, 3.05) is 55.1 Å². The minimum Gasteiger partial charge on any atom is -0.502 e. The number of ether oxygens (including phenoxy) is 4. The number of rotatable bonds is 11. The van der Waals surface area contributed by atoms with Crippen molar-refractivity contribution in [3.8, 4) is 45.8 Å². The first-order chi connectivity index (χ1) is 21.7. The number of aromatic hydroxyl groups is 2. The van der Waals surface area contributed by atoms with E-state index in [9.17, 15) is 10.2 Å². The van der Waals surface area contributed by atoms with Gasteiger partial charge in [-0.05, 0) is 94.4 Å². The van der Waals surface area contributed by atoms with Crippen molar-refractivity contribution in [3.05, 3.63) is 65.4 Å². The lowest BCUT2D eigenvalue weighted by Crippen LogP contribution is -2.43. The van der Waals surface area contributed by atoms with Crippen LogP contribution in [-0.4, -0.2) is 97.9 Å². The van der Waals surface area contributed by atoms with Crippen LogP contribution in [0, 0.1) is 0 Å². The van der Waals surface area contributed by atoms with Gasteiger partial charge in [-0.3, -0.25) is 19.8 Å². The molecule has 2 aliphatic rings. The van der Waals surface area contributed by atoms with E-state index in [0.29, 0.717) is 29.0 Å². The van der Waals surface area contributed by atoms with Crippen LogP contribution in [0.5, 0.6) is 34.5 Å². The zero-order chi connectivity index (χ0) is 32.1. The molecule has 1 aromatic heterocycles. The number of aromatic nitrogens is 1. The Bertz CT molecular complexity index is 1510. The zero-order valence-electron chi connectivity index (χ0n) is 27.0. The van der Waals surface area contributed by atoms with Crippen LogP contribution in [0.15, 0.2) is 59.2 Å². The maximum atomic E-state index is 10.3. The summed E-state index contributed by atoms with van der Waals surface area (Å²) >= 11 is 0. The highest BCUT2D eigenvalue weighted by Gasteiger charge is 2.25. The minimum absolute atomic E-state index is 0.00621. The lowest BCUT2D eigenvalue weighted by atomic mass is 9.96. The summed E-state index contributed by atoms with van der Waals surface area (Å²) in [7, 11) is 8.31. The summed E-state index contributed by atoms with van der Waals surface area (Å²) in [4.78, 5) is 14.4. The Hall–Kier alpha value is -4.28. The van der Waals surface area contributed by atoms with Gasteiger partial charge in [0, 0.05) is 36.5 Å². The van der Waals surface area contributed by atoms with E-state index in [4.69, 9.17) is 23.9 Å². The molecule has 3 aromatic rings. The standard InChI is InChI=1S/C35H44N4O6/c1-22-13-24(15-29(37-22)26-18-32(44-5)35(41)33(19-26)45-6)21-39-11-8-27(9-12-39)38(2)20-23-7-10-36-28(14-23)25-16-30(42-3)34(40)31(17-25)43-4/h7,10,14-19,22,27,40-41H,8-9,11-13,20-21H2,1-6H3. The molecular formula is C35H44N4O6. The van der Waals surface area contributed by atoms with Crippen molar-refractivity contribution in [1.82, 2.24) is 14.8 Å². The third-order valence-electron chi connectivity index (χ3n) is 8.67. The number of benzene rings is 2. The van der Waals surface area contributed by atoms with E-state index >= 15 is 0 Å². The molecule has 0 radical (unpaired) electrons. The van der Waals surface area contributed by atoms with Gasteiger partial charge in [-0.2, -0.15) is 0 Å². The van der Waals surface area contributed by atoms with Crippen LogP contribution in [0.25, 0.3) is 11.3 Å². The summed E-state index contributed by atoms with van der Waals surface area (Å²) in [6.07, 6.45) is 7.13. The van der Waals surface area contributed by atoms with Crippen molar-refractivity contribution in [3.63, 3.8) is 0 Å². The smallest absolute Gasteiger partial charge is 0.200 e. The number of nitrogens with zero attached hydrogens (tertiary/aromatic N) is 4. The average molecular weight is 617 g/mol. The van der Waals surface area contributed by atoms with Gasteiger partial charge in [0.05, 0.1) is 45.9 Å². The number of hydrogen-bond acceptors (Lipinski definition) is 10. The van der Waals surface area contributed by atoms with E-state index < -0.39 is 0 Å². The van der Waals surface area contributed by atoms with Crippen LogP contribution in [0.3, 0.4) is 0 Å². The molecule has 0 bridgehead atoms. The highest BCUT2D eigenvalue weighted by Crippen LogP contribution is 2.40. The number of piperidine rings is 1. The lowest BCUT2D eigenvalue weighted by molar-refractivity contribution is 0.128. The second kappa shape index (κ2) is 14.2. The number of hydrogen-bond donors (Lipinski definition) is 2. The van der Waals surface area contributed by atoms with E-state index in [1.807, 2.05) is 18.3 Å². The van der Waals surface area contributed by atoms with Gasteiger partial charge in [-0.1, -0.05) is 5.57 Å². The van der Waals surface area contributed by atoms with Crippen LogP contribution < -0.4 is 18.9 Å². The van der Waals surface area contributed by atoms with Crippen molar-refractivity contribution in [1.29, 1.82) is 0 Å². The number of likely N-dealkylation sites (tertiary alicyclic amines) is 1. The van der Waals surface area contributed by atoms with Gasteiger partial charge in [-0.15, -0.1) is 0 Å². The van der Waals surface area contributed by atoms with Gasteiger partial charge >= 0.3 is 0 Å². The largest absolute Gasteiger partial charge is 0.502 e. The van der Waals surface area contributed by atoms with Crippen LogP contribution >= 0.6 is 0 Å². The second-order valence-corrected chi connectivity index (χ2v) is 11.8. The molecule has 3 heterocycles. The summed E-state index contributed by atoms with van der Waals surface area (Å²) in [5, 5.41) is 20.6. The van der Waals surface area contributed by atoms with E-state index in [0.717, 1.165) is 68.0 Å². The SMILES string of the molecule is COc1cc(C2=NC(C)CC(CN3CCC(N(C)Cc4ccnc(-c5cc(OC)c(O)c(OC)c5)c4)CC3)=C2)cc(OC)c1O. The molecule has 0 spiro atoms. The molecule has 2 aliphatic heterocycles. The highest BCUT2D eigenvalue weighted by atomic mass is 16.5. The van der Waals surface area contributed by atoms with E-state index in [-0.39, 0.29) is 17.5 Å². The number of allylic oxidation sites excluding steroid dienone is 1. The first kappa shape index (κ1) is 32.1. The monoisotopic (exact) mass is 616 g/mol. The Kier molecular flexibility index (Phi) is 10.1. The summed E-state index contributed by atoms with van der Waals surface area (Å²) in [6.45, 7) is 5.93. The normalized spacial score (nSPS) is 17.5. The molecule has 1 saturated heterocycles. The van der Waals surface area contributed by atoms with Gasteiger partial charge in [-0.25, -0.2) is 0 Å². The van der Waals surface area contributed by atoms with Crippen LogP contribution in [-0.2, 0) is 6.54 Å². The number of dihydropyridines is 1. The molecular weight excluding hydrogens is 572 g/mol. The summed E-state index contributed by atoms with van der Waals surface area (Å²) < 4.78 is 21.4. The van der Waals surface area contributed by atoms with Gasteiger partial charge in [0.25, 0.3) is 0 Å². The molecule has 2 aromatic carbocycles. The quantitative estimate of drug-likeness (QED) is 0.297. The topological polar surface area (TPSA) is 109 Å². The van der Waals surface area contributed by atoms with Gasteiger partial charge in [0.1, 0.15) is 0 Å². The molecule has 10 heteroatoms. The number of pyridine rings is 1. The summed E-state index contributed by atoms with van der Waals surface area (Å²) in [5.41, 5.74) is 5.91. The van der Waals surface area contributed by atoms with Gasteiger partial charge in [0.15, 0.2) is 23.0 Å². The molecule has 1 unspecified atom stereocenters. The maximum Gasteiger partial charge on any atom is 0.200 e. The molecule has 0 saturated carbocycles. The van der Waals surface area contributed by atoms with E-state index in [1.54, 1.807) is 12.1 Å². The molecule has 2 N–H and O–H groups in total. The molecule has 1 atom stereocenters. The molecule has 240 valence electrons. The van der Waals surface area contributed by atoms with Gasteiger partial charge < -0.3 is 29.2 Å². The minimum atomic E-state index is -0.0208. The Labute approximate surface area is 265 Å². The summed E-state index contributed by atoms with van der Waals surface area (Å²) in [6, 6.07) is 12.0. The number of aliphatic imine (C=N–C) groups is 1. The fourth-order valence-electron chi connectivity index (χ4n) is 6.26. The number of phenols is 2. The summed E-state index contributed by atoms with van der Waals surface area (Å²) in [5.74, 6) is 1.41. The molecule has 0 amide bonds. The van der Waals surface area contributed by atoms with Crippen LogP contribution in [0.4, 0.5) is 0 Å². The molecule has 45 heavy (non-hydrogen) atoms. The van der Waals surface area contributed by atoms with Crippen molar-refractivity contribution < 1.29 is 29.2 Å². The molecule has 1 fully saturated rings. The number of phenolic OH excluding ortho intramolecular Hbond substituents is 2. The van der Waals surface area contributed by atoms with Crippen molar-refractivity contribution in [2.24, 2.45) is 4.99 Å². The third kappa shape index (κ3) is 7.34. The maximum absolute atomic E-state index is 10.3. The van der Waals surface area contributed by atoms with Gasteiger partial charge in [0.2, 0.25) is 11.5 Å². The molecule has 5 rings (SSSR count). The third-order valence-corrected chi connectivity index (χ3v) is 8.67. The molecule has 10 nitrogen and oxygen atoms in total. The Morgan fingerprint density at radius 3 is 1.96 bits per heavy atom. The van der Waals surface area contributed by atoms with E-state index in [2.05, 4.69) is 47.0 Å². The second-order valence-electron chi connectivity index (χ2n) is 11.8. The highest BCUT2D eigenvalue weighted by molar-refractivity contribution is 6.10. The van der Waals surface area contributed by atoms with Crippen LogP contribution in [0.1, 0.15) is 37.3 Å². The Morgan fingerprint density at radius 2 is 1.40 bits per heavy atom. The fraction of sp³-hybridized carbons (Fsp3) is 0.429. The average Bonchev–Trinajstić information content (AvgIpc) is 3.05. The van der Waals surface area contributed by atoms with Crippen LogP contribution in [0.2, 0.25) is 0 Å². The first-order valence-electron chi connectivity index (χ1n) is 15.3. The fourth-order valence-corrected chi connectivity index (χ4v) is 6.26. The zero-order valence-corrected chi connectivity index (χ0v) is 27.0. The first-order valence-corrected chi connectivity index (χ1v) is 15.3. The number of methoxy groups -OCH3 is 4. The predicted molar refractivity (Wildman–Crippen MR) is 175 cm³/mol. The van der Waals surface area contributed by atoms with Crippen molar-refractivity contribution in [2.45, 2.75) is 44.8 Å².